The Labute approximate surface area is 462 Å². The lowest BCUT2D eigenvalue weighted by Crippen LogP contribution is -2.32. The van der Waals surface area contributed by atoms with Crippen LogP contribution in [0.3, 0.4) is 0 Å². The van der Waals surface area contributed by atoms with Gasteiger partial charge in [-0.1, -0.05) is 199 Å². The van der Waals surface area contributed by atoms with Crippen LogP contribution in [0.2, 0.25) is 0 Å². The zero-order valence-electron chi connectivity index (χ0n) is 51.9. The van der Waals surface area contributed by atoms with Crippen LogP contribution in [-0.2, 0) is 19.1 Å². The number of carbonyl (C=O) groups excluding carboxylic acids is 2. The number of hydrogen-bond acceptors (Lipinski definition) is 8. The molecule has 74 heavy (non-hydrogen) atoms. The highest BCUT2D eigenvalue weighted by Crippen LogP contribution is 2.26. The molecule has 8 heteroatoms. The van der Waals surface area contributed by atoms with E-state index in [9.17, 15) is 19.8 Å². The van der Waals surface area contributed by atoms with Gasteiger partial charge in [0.25, 0.3) is 0 Å². The molecule has 0 amide bonds. The molecule has 0 bridgehead atoms. The molecule has 0 aromatic carbocycles. The van der Waals surface area contributed by atoms with Gasteiger partial charge in [0.1, 0.15) is 12.2 Å². The van der Waals surface area contributed by atoms with Crippen molar-refractivity contribution in [3.63, 3.8) is 0 Å². The van der Waals surface area contributed by atoms with Crippen molar-refractivity contribution in [3.05, 3.63) is 0 Å². The van der Waals surface area contributed by atoms with Gasteiger partial charge in [0.05, 0.1) is 13.2 Å². The van der Waals surface area contributed by atoms with E-state index in [4.69, 9.17) is 9.47 Å². The first kappa shape index (κ1) is 72.8. The Balaban J connectivity index is 5.01. The normalized spacial score (nSPS) is 14.7. The van der Waals surface area contributed by atoms with Crippen molar-refractivity contribution < 1.29 is 29.3 Å². The zero-order chi connectivity index (χ0) is 55.2. The molecule has 0 aliphatic carbocycles. The van der Waals surface area contributed by atoms with E-state index in [1.165, 1.54) is 103 Å². The number of unbranched alkanes of at least 4 members (excludes halogenated alkanes) is 9. The van der Waals surface area contributed by atoms with Crippen LogP contribution in [0.4, 0.5) is 0 Å². The number of aliphatic hydroxyl groups is 2. The maximum absolute atomic E-state index is 13.2. The minimum absolute atomic E-state index is 0.0118. The average Bonchev–Trinajstić information content (AvgIpc) is 3.33. The molecule has 0 rings (SSSR count). The van der Waals surface area contributed by atoms with E-state index in [1.807, 2.05) is 0 Å². The summed E-state index contributed by atoms with van der Waals surface area (Å²) in [5, 5.41) is 19.0. The predicted molar refractivity (Wildman–Crippen MR) is 320 cm³/mol. The second-order valence-corrected chi connectivity index (χ2v) is 26.1. The Morgan fingerprint density at radius 2 is 0.541 bits per heavy atom. The summed E-state index contributed by atoms with van der Waals surface area (Å²) in [5.74, 6) is 5.81. The van der Waals surface area contributed by atoms with Gasteiger partial charge in [-0.05, 0) is 163 Å². The predicted octanol–water partition coefficient (Wildman–Crippen LogP) is 17.8. The molecule has 0 radical (unpaired) electrons. The highest BCUT2D eigenvalue weighted by molar-refractivity contribution is 5.69. The number of carbonyl (C=O) groups is 2. The lowest BCUT2D eigenvalue weighted by molar-refractivity contribution is -0.151. The van der Waals surface area contributed by atoms with E-state index in [1.54, 1.807) is 0 Å². The standard InChI is InChI=1S/C66H132N2O6/c1-55(2)29-25-33-59(9)39-43-63(44-40-60(10)34-26-30-56(3)4)73-65(71)37-19-15-13-17-21-47-67(49-23-24-50-68(51-53-69)52-54-70)48-22-18-14-16-20-38-66(72)74-64(45-41-61(11)35-27-31-57(5)6)46-42-62(12)36-28-32-58(7)8/h55-64,69-70H,13-54H2,1-12H3. The lowest BCUT2D eigenvalue weighted by atomic mass is 9.91. The minimum Gasteiger partial charge on any atom is -0.462 e. The Kier molecular flexibility index (Phi) is 49.2. The van der Waals surface area contributed by atoms with Gasteiger partial charge < -0.3 is 24.6 Å². The summed E-state index contributed by atoms with van der Waals surface area (Å²) in [6.45, 7) is 33.7. The fourth-order valence-electron chi connectivity index (χ4n) is 10.9. The minimum atomic E-state index is 0.0118. The SMILES string of the molecule is CC(C)CCCC(C)CCC(CCC(C)CCCC(C)C)OC(=O)CCCCCCCN(CCCCCCCC(=O)OC(CCC(C)CCCC(C)C)CCC(C)CCCC(C)C)CCCCN(CCO)CCO. The van der Waals surface area contributed by atoms with Crippen molar-refractivity contribution in [2.75, 3.05) is 52.5 Å². The summed E-state index contributed by atoms with van der Waals surface area (Å²) >= 11 is 0. The van der Waals surface area contributed by atoms with E-state index in [-0.39, 0.29) is 37.4 Å². The molecule has 2 N–H and O–H groups in total. The molecule has 442 valence electrons. The molecule has 4 atom stereocenters. The van der Waals surface area contributed by atoms with Gasteiger partial charge in [-0.2, -0.15) is 0 Å². The Morgan fingerprint density at radius 1 is 0.297 bits per heavy atom. The largest absolute Gasteiger partial charge is 0.462 e. The molecule has 0 heterocycles. The van der Waals surface area contributed by atoms with Gasteiger partial charge in [-0.15, -0.1) is 0 Å². The number of hydrogen-bond donors (Lipinski definition) is 2. The van der Waals surface area contributed by atoms with E-state index in [0.29, 0.717) is 49.6 Å². The van der Waals surface area contributed by atoms with Crippen LogP contribution >= 0.6 is 0 Å². The van der Waals surface area contributed by atoms with Gasteiger partial charge in [0, 0.05) is 25.9 Å². The molecule has 0 aromatic rings. The van der Waals surface area contributed by atoms with Crippen LogP contribution in [0.1, 0.15) is 301 Å². The number of nitrogens with zero attached hydrogens (tertiary/aromatic N) is 2. The Bertz CT molecular complexity index is 1090. The third kappa shape index (κ3) is 49.1. The van der Waals surface area contributed by atoms with Crippen molar-refractivity contribution in [2.24, 2.45) is 47.3 Å². The summed E-state index contributed by atoms with van der Waals surface area (Å²) in [4.78, 5) is 31.2. The topological polar surface area (TPSA) is 99.5 Å². The van der Waals surface area contributed by atoms with Crippen molar-refractivity contribution >= 4 is 11.9 Å². The highest BCUT2D eigenvalue weighted by Gasteiger charge is 2.20. The van der Waals surface area contributed by atoms with Crippen LogP contribution in [0.5, 0.6) is 0 Å². The third-order valence-corrected chi connectivity index (χ3v) is 16.2. The summed E-state index contributed by atoms with van der Waals surface area (Å²) in [6.07, 6.45) is 38.5. The van der Waals surface area contributed by atoms with E-state index in [0.717, 1.165) is 153 Å². The van der Waals surface area contributed by atoms with Crippen molar-refractivity contribution in [3.8, 4) is 0 Å². The maximum Gasteiger partial charge on any atom is 0.306 e. The summed E-state index contributed by atoms with van der Waals surface area (Å²) < 4.78 is 12.5. The number of aliphatic hydroxyl groups excluding tert-OH is 2. The van der Waals surface area contributed by atoms with Crippen molar-refractivity contribution in [2.45, 2.75) is 314 Å². The van der Waals surface area contributed by atoms with Crippen LogP contribution in [0.15, 0.2) is 0 Å². The number of ether oxygens (including phenoxy) is 2. The number of esters is 2. The monoisotopic (exact) mass is 1050 g/mol. The van der Waals surface area contributed by atoms with Crippen molar-refractivity contribution in [1.29, 1.82) is 0 Å². The average molecular weight is 1050 g/mol. The van der Waals surface area contributed by atoms with E-state index >= 15 is 0 Å². The quantitative estimate of drug-likeness (QED) is 0.0459. The molecule has 0 saturated carbocycles. The van der Waals surface area contributed by atoms with Crippen LogP contribution in [0, 0.1) is 47.3 Å². The Hall–Kier alpha value is -1.22. The first-order valence-electron chi connectivity index (χ1n) is 32.5. The van der Waals surface area contributed by atoms with Gasteiger partial charge in [0.2, 0.25) is 0 Å². The second kappa shape index (κ2) is 50.0. The molecule has 0 aromatic heterocycles. The molecular formula is C66H132N2O6. The molecular weight excluding hydrogens is 917 g/mol. The van der Waals surface area contributed by atoms with Gasteiger partial charge in [-0.25, -0.2) is 0 Å². The van der Waals surface area contributed by atoms with E-state index < -0.39 is 0 Å². The van der Waals surface area contributed by atoms with Crippen molar-refractivity contribution in [1.82, 2.24) is 9.80 Å². The smallest absolute Gasteiger partial charge is 0.306 e. The molecule has 0 spiro atoms. The molecule has 0 aliphatic rings. The fraction of sp³-hybridized carbons (Fsp3) is 0.970. The summed E-state index contributed by atoms with van der Waals surface area (Å²) in [6, 6.07) is 0. The molecule has 4 unspecified atom stereocenters. The second-order valence-electron chi connectivity index (χ2n) is 26.1. The third-order valence-electron chi connectivity index (χ3n) is 16.2. The first-order valence-corrected chi connectivity index (χ1v) is 32.5. The van der Waals surface area contributed by atoms with Gasteiger partial charge in [0.15, 0.2) is 0 Å². The maximum atomic E-state index is 13.2. The summed E-state index contributed by atoms with van der Waals surface area (Å²) in [7, 11) is 0. The lowest BCUT2D eigenvalue weighted by Gasteiger charge is -2.24. The Morgan fingerprint density at radius 3 is 0.811 bits per heavy atom. The molecule has 0 saturated heterocycles. The zero-order valence-corrected chi connectivity index (χ0v) is 51.9. The highest BCUT2D eigenvalue weighted by atomic mass is 16.5. The molecule has 0 aliphatic heterocycles. The first-order chi connectivity index (χ1) is 35.4. The van der Waals surface area contributed by atoms with E-state index in [2.05, 4.69) is 92.9 Å². The summed E-state index contributed by atoms with van der Waals surface area (Å²) in [5.41, 5.74) is 0. The van der Waals surface area contributed by atoms with Gasteiger partial charge in [-0.3, -0.25) is 14.5 Å². The van der Waals surface area contributed by atoms with Crippen LogP contribution in [0.25, 0.3) is 0 Å². The van der Waals surface area contributed by atoms with Gasteiger partial charge >= 0.3 is 11.9 Å². The number of rotatable bonds is 55. The molecule has 0 fully saturated rings. The van der Waals surface area contributed by atoms with Crippen LogP contribution < -0.4 is 0 Å². The van der Waals surface area contributed by atoms with Crippen LogP contribution in [-0.4, -0.2) is 96.6 Å². The fourth-order valence-corrected chi connectivity index (χ4v) is 10.9. The molecule has 8 nitrogen and oxygen atoms in total.